The molecule has 2 aliphatic carbocycles. The van der Waals surface area contributed by atoms with Gasteiger partial charge >= 0.3 is 0 Å². The van der Waals surface area contributed by atoms with Crippen molar-refractivity contribution in [3.63, 3.8) is 0 Å². The van der Waals surface area contributed by atoms with Crippen LogP contribution in [-0.2, 0) is 9.59 Å². The summed E-state index contributed by atoms with van der Waals surface area (Å²) in [5, 5.41) is 0. The van der Waals surface area contributed by atoms with Crippen LogP contribution in [0, 0.1) is 10.8 Å². The Morgan fingerprint density at radius 2 is 1.08 bits per heavy atom. The molecule has 0 spiro atoms. The van der Waals surface area contributed by atoms with E-state index in [1.807, 2.05) is 12.2 Å². The van der Waals surface area contributed by atoms with E-state index in [4.69, 9.17) is 0 Å². The molecule has 0 saturated carbocycles. The van der Waals surface area contributed by atoms with Gasteiger partial charge in [0.25, 0.3) is 0 Å². The highest BCUT2D eigenvalue weighted by molar-refractivity contribution is 5.92. The molecule has 2 nitrogen and oxygen atoms in total. The van der Waals surface area contributed by atoms with Gasteiger partial charge < -0.3 is 0 Å². The van der Waals surface area contributed by atoms with Gasteiger partial charge in [-0.3, -0.25) is 9.59 Å². The van der Waals surface area contributed by atoms with Crippen LogP contribution in [0.1, 0.15) is 80.1 Å². The Labute approximate surface area is 147 Å². The number of allylic oxidation sites excluding steroid dienone is 6. The van der Waals surface area contributed by atoms with E-state index in [2.05, 4.69) is 41.5 Å². The Hall–Kier alpha value is -1.44. The van der Waals surface area contributed by atoms with Gasteiger partial charge in [-0.1, -0.05) is 50.0 Å². The zero-order chi connectivity index (χ0) is 18.1. The van der Waals surface area contributed by atoms with E-state index < -0.39 is 0 Å². The number of hydrogen-bond acceptors (Lipinski definition) is 2. The maximum Gasteiger partial charge on any atom is 0.156 e. The molecule has 0 heterocycles. The second-order valence-corrected chi connectivity index (χ2v) is 9.49. The van der Waals surface area contributed by atoms with E-state index in [9.17, 15) is 9.59 Å². The summed E-state index contributed by atoms with van der Waals surface area (Å²) in [5.41, 5.74) is 5.34. The molecule has 0 radical (unpaired) electrons. The van der Waals surface area contributed by atoms with Gasteiger partial charge in [0.2, 0.25) is 0 Å². The van der Waals surface area contributed by atoms with Crippen LogP contribution in [0.5, 0.6) is 0 Å². The molecule has 0 aromatic heterocycles. The molecule has 0 N–H and O–H groups in total. The van der Waals surface area contributed by atoms with E-state index in [1.54, 1.807) is 0 Å². The zero-order valence-electron chi connectivity index (χ0n) is 16.2. The highest BCUT2D eigenvalue weighted by atomic mass is 16.1. The van der Waals surface area contributed by atoms with Crippen LogP contribution < -0.4 is 0 Å². The lowest BCUT2D eigenvalue weighted by Gasteiger charge is -2.30. The van der Waals surface area contributed by atoms with Gasteiger partial charge in [-0.05, 0) is 62.5 Å². The fourth-order valence-corrected chi connectivity index (χ4v) is 4.17. The van der Waals surface area contributed by atoms with Gasteiger partial charge in [0.05, 0.1) is 0 Å². The second-order valence-electron chi connectivity index (χ2n) is 9.49. The van der Waals surface area contributed by atoms with E-state index in [0.29, 0.717) is 12.8 Å². The first-order chi connectivity index (χ1) is 11.0. The average molecular weight is 328 g/mol. The summed E-state index contributed by atoms with van der Waals surface area (Å²) in [6, 6.07) is 0. The maximum atomic E-state index is 11.9. The summed E-state index contributed by atoms with van der Waals surface area (Å²) >= 11 is 0. The van der Waals surface area contributed by atoms with Gasteiger partial charge in [-0.2, -0.15) is 0 Å². The van der Waals surface area contributed by atoms with Crippen molar-refractivity contribution in [3.05, 3.63) is 34.4 Å². The summed E-state index contributed by atoms with van der Waals surface area (Å²) in [5.74, 6) is 0.517. The van der Waals surface area contributed by atoms with Gasteiger partial charge in [0.15, 0.2) is 11.6 Å². The first-order valence-corrected chi connectivity index (χ1v) is 9.06. The quantitative estimate of drug-likeness (QED) is 0.617. The fourth-order valence-electron chi connectivity index (χ4n) is 4.17. The van der Waals surface area contributed by atoms with E-state index in [1.165, 1.54) is 22.3 Å². The maximum absolute atomic E-state index is 11.9. The predicted octanol–water partition coefficient (Wildman–Crippen LogP) is 5.73. The smallest absolute Gasteiger partial charge is 0.156 e. The number of carbonyl (C=O) groups is 2. The molecular formula is C22H32O2. The standard InChI is InChI=1S/C22H32O2/c1-15(7-17-9-19(23)13-21(3,4)11-17)16(2)8-18-10-20(24)14-22(5,6)12-18/h9-10H,7-8,11-14H2,1-6H3/b16-15-. The molecule has 0 unspecified atom stereocenters. The van der Waals surface area contributed by atoms with E-state index >= 15 is 0 Å². The number of rotatable bonds is 4. The molecule has 0 bridgehead atoms. The SMILES string of the molecule is C/C(CC1=CC(=O)CC(C)(C)C1)=C(\C)CC1=CC(=O)CC(C)(C)C1. The Morgan fingerprint density at radius 3 is 1.38 bits per heavy atom. The highest BCUT2D eigenvalue weighted by Gasteiger charge is 2.28. The van der Waals surface area contributed by atoms with E-state index in [0.717, 1.165) is 25.7 Å². The van der Waals surface area contributed by atoms with Crippen molar-refractivity contribution in [2.24, 2.45) is 10.8 Å². The predicted molar refractivity (Wildman–Crippen MR) is 99.8 cm³/mol. The lowest BCUT2D eigenvalue weighted by molar-refractivity contribution is -0.117. The third kappa shape index (κ3) is 5.29. The summed E-state index contributed by atoms with van der Waals surface area (Å²) in [6.07, 6.45) is 8.78. The minimum atomic E-state index is 0.0810. The molecule has 0 fully saturated rings. The third-order valence-electron chi connectivity index (χ3n) is 5.16. The van der Waals surface area contributed by atoms with Gasteiger partial charge in [0, 0.05) is 12.8 Å². The van der Waals surface area contributed by atoms with Crippen LogP contribution in [0.3, 0.4) is 0 Å². The Kier molecular flexibility index (Phi) is 5.37. The Morgan fingerprint density at radius 1 is 0.750 bits per heavy atom. The molecule has 0 saturated heterocycles. The molecular weight excluding hydrogens is 296 g/mol. The molecule has 132 valence electrons. The molecule has 0 amide bonds. The normalized spacial score (nSPS) is 24.2. The molecule has 24 heavy (non-hydrogen) atoms. The Bertz CT molecular complexity index is 583. The fraction of sp³-hybridized carbons (Fsp3) is 0.636. The summed E-state index contributed by atoms with van der Waals surface area (Å²) in [6.45, 7) is 13.0. The second kappa shape index (κ2) is 6.82. The minimum Gasteiger partial charge on any atom is -0.295 e. The number of ketones is 2. The molecule has 2 heteroatoms. The van der Waals surface area contributed by atoms with Crippen LogP contribution >= 0.6 is 0 Å². The van der Waals surface area contributed by atoms with Crippen LogP contribution in [0.15, 0.2) is 34.4 Å². The highest BCUT2D eigenvalue weighted by Crippen LogP contribution is 2.38. The lowest BCUT2D eigenvalue weighted by atomic mass is 9.74. The Balaban J connectivity index is 2.09. The molecule has 2 rings (SSSR count). The van der Waals surface area contributed by atoms with Crippen LogP contribution in [0.25, 0.3) is 0 Å². The van der Waals surface area contributed by atoms with Crippen molar-refractivity contribution in [1.82, 2.24) is 0 Å². The molecule has 0 aliphatic heterocycles. The molecule has 0 aromatic rings. The van der Waals surface area contributed by atoms with Gasteiger partial charge in [-0.25, -0.2) is 0 Å². The minimum absolute atomic E-state index is 0.0810. The third-order valence-corrected chi connectivity index (χ3v) is 5.16. The van der Waals surface area contributed by atoms with Crippen molar-refractivity contribution in [1.29, 1.82) is 0 Å². The number of hydrogen-bond donors (Lipinski definition) is 0. The zero-order valence-corrected chi connectivity index (χ0v) is 16.2. The average Bonchev–Trinajstić information content (AvgIpc) is 2.32. The van der Waals surface area contributed by atoms with Crippen molar-refractivity contribution >= 4 is 11.6 Å². The molecule has 0 atom stereocenters. The van der Waals surface area contributed by atoms with Crippen molar-refractivity contribution in [2.75, 3.05) is 0 Å². The first-order valence-electron chi connectivity index (χ1n) is 9.06. The topological polar surface area (TPSA) is 34.1 Å². The van der Waals surface area contributed by atoms with E-state index in [-0.39, 0.29) is 22.4 Å². The van der Waals surface area contributed by atoms with Crippen LogP contribution in [-0.4, -0.2) is 11.6 Å². The first kappa shape index (κ1) is 18.9. The van der Waals surface area contributed by atoms with Crippen LogP contribution in [0.2, 0.25) is 0 Å². The van der Waals surface area contributed by atoms with Crippen molar-refractivity contribution in [3.8, 4) is 0 Å². The van der Waals surface area contributed by atoms with Crippen molar-refractivity contribution in [2.45, 2.75) is 80.1 Å². The summed E-state index contributed by atoms with van der Waals surface area (Å²) in [4.78, 5) is 23.9. The monoisotopic (exact) mass is 328 g/mol. The summed E-state index contributed by atoms with van der Waals surface area (Å²) < 4.78 is 0. The largest absolute Gasteiger partial charge is 0.295 e. The lowest BCUT2D eigenvalue weighted by Crippen LogP contribution is -2.22. The van der Waals surface area contributed by atoms with Crippen molar-refractivity contribution < 1.29 is 9.59 Å². The number of carbonyl (C=O) groups excluding carboxylic acids is 2. The van der Waals surface area contributed by atoms with Gasteiger partial charge in [-0.15, -0.1) is 0 Å². The summed E-state index contributed by atoms with van der Waals surface area (Å²) in [7, 11) is 0. The molecule has 2 aliphatic rings. The molecule has 0 aromatic carbocycles. The van der Waals surface area contributed by atoms with Crippen LogP contribution in [0.4, 0.5) is 0 Å². The van der Waals surface area contributed by atoms with Gasteiger partial charge in [0.1, 0.15) is 0 Å².